The molecule has 1 amide bonds. The van der Waals surface area contributed by atoms with E-state index in [-0.39, 0.29) is 52.6 Å². The molecule has 3 aromatic carbocycles. The number of aromatic hydroxyl groups is 2. The van der Waals surface area contributed by atoms with Crippen LogP contribution in [0.5, 0.6) is 11.5 Å². The normalized spacial score (nSPS) is 27.3. The molecule has 45 heavy (non-hydrogen) atoms. The van der Waals surface area contributed by atoms with E-state index in [0.29, 0.717) is 5.69 Å². The molecule has 0 unspecified atom stereocenters. The summed E-state index contributed by atoms with van der Waals surface area (Å²) < 4.78 is 17.4. The number of aliphatic hydroxyl groups excluding tert-OH is 1. The molecule has 3 aromatic rings. The van der Waals surface area contributed by atoms with Gasteiger partial charge in [0.25, 0.3) is 0 Å². The highest BCUT2D eigenvalue weighted by Gasteiger charge is 2.48. The van der Waals surface area contributed by atoms with Gasteiger partial charge >= 0.3 is 6.09 Å². The molecule has 12 nitrogen and oxygen atoms in total. The van der Waals surface area contributed by atoms with Crippen molar-refractivity contribution >= 4 is 23.3 Å². The number of aryl methyl sites for hydroxylation is 1. The fourth-order valence-corrected chi connectivity index (χ4v) is 6.33. The van der Waals surface area contributed by atoms with E-state index in [4.69, 9.17) is 19.9 Å². The predicted octanol–water partition coefficient (Wildman–Crippen LogP) is 2.99. The van der Waals surface area contributed by atoms with Gasteiger partial charge in [0.1, 0.15) is 23.7 Å². The molecule has 0 saturated carbocycles. The Morgan fingerprint density at radius 1 is 1.04 bits per heavy atom. The molecule has 12 heteroatoms. The highest BCUT2D eigenvalue weighted by Crippen LogP contribution is 2.52. The van der Waals surface area contributed by atoms with Crippen molar-refractivity contribution in [3.05, 3.63) is 87.5 Å². The summed E-state index contributed by atoms with van der Waals surface area (Å²) in [5, 5.41) is 47.7. The number of aliphatic hydroxyl groups is 2. The number of rotatable bonds is 5. The van der Waals surface area contributed by atoms with Crippen LogP contribution in [-0.2, 0) is 20.6 Å². The minimum atomic E-state index is -1.85. The van der Waals surface area contributed by atoms with E-state index in [1.54, 1.807) is 31.2 Å². The Balaban J connectivity index is 1.36. The SMILES string of the molecule is Cc1ccc(NC(=O)OC[C@]2(O)Cc3c(O)c4c(c(O)c3[C@@H](O[C@H]3C[C@H](N)[C@@H](O)[C@H](C)O3)C2)C(=O)c2ccccc2C4=O)cc1. The molecule has 0 bridgehead atoms. The van der Waals surface area contributed by atoms with E-state index in [1.807, 2.05) is 19.1 Å². The van der Waals surface area contributed by atoms with E-state index in [9.17, 15) is 34.8 Å². The first kappa shape index (κ1) is 30.7. The summed E-state index contributed by atoms with van der Waals surface area (Å²) in [5.41, 5.74) is 5.07. The quantitative estimate of drug-likeness (QED) is 0.180. The summed E-state index contributed by atoms with van der Waals surface area (Å²) in [4.78, 5) is 39.7. The second-order valence-electron chi connectivity index (χ2n) is 12.0. The van der Waals surface area contributed by atoms with Crippen LogP contribution in [0.1, 0.15) is 74.4 Å². The number of ether oxygens (including phenoxy) is 3. The lowest BCUT2D eigenvalue weighted by Crippen LogP contribution is -2.52. The number of hydrogen-bond acceptors (Lipinski definition) is 11. The number of benzene rings is 3. The first-order valence-electron chi connectivity index (χ1n) is 14.6. The van der Waals surface area contributed by atoms with Crippen molar-refractivity contribution in [3.63, 3.8) is 0 Å². The number of hydrogen-bond donors (Lipinski definition) is 6. The summed E-state index contributed by atoms with van der Waals surface area (Å²) in [5.74, 6) is -2.48. The van der Waals surface area contributed by atoms with Gasteiger partial charge in [-0.15, -0.1) is 0 Å². The van der Waals surface area contributed by atoms with E-state index in [2.05, 4.69) is 5.32 Å². The molecular weight excluding hydrogens is 584 g/mol. The van der Waals surface area contributed by atoms with Gasteiger partial charge < -0.3 is 40.4 Å². The second-order valence-corrected chi connectivity index (χ2v) is 12.0. The monoisotopic (exact) mass is 618 g/mol. The van der Waals surface area contributed by atoms with Crippen LogP contribution in [0.15, 0.2) is 48.5 Å². The molecule has 1 saturated heterocycles. The van der Waals surface area contributed by atoms with Gasteiger partial charge in [0.05, 0.1) is 29.4 Å². The number of fused-ring (bicyclic) bond motifs is 3. The maximum atomic E-state index is 13.6. The van der Waals surface area contributed by atoms with Crippen LogP contribution in [0.3, 0.4) is 0 Å². The van der Waals surface area contributed by atoms with Crippen LogP contribution < -0.4 is 11.1 Å². The third kappa shape index (κ3) is 5.55. The Bertz CT molecular complexity index is 1680. The van der Waals surface area contributed by atoms with Crippen LogP contribution in [0.25, 0.3) is 0 Å². The molecule has 1 heterocycles. The first-order chi connectivity index (χ1) is 21.4. The van der Waals surface area contributed by atoms with Crippen molar-refractivity contribution < 1.29 is 49.0 Å². The molecule has 0 aromatic heterocycles. The number of phenols is 2. The summed E-state index contributed by atoms with van der Waals surface area (Å²) >= 11 is 0. The average molecular weight is 619 g/mol. The number of phenolic OH excluding ortho intramolecular Hbond substituents is 2. The molecule has 7 N–H and O–H groups in total. The van der Waals surface area contributed by atoms with Crippen molar-refractivity contribution in [2.75, 3.05) is 11.9 Å². The number of carbonyl (C=O) groups excluding carboxylic acids is 3. The topological polar surface area (TPSA) is 198 Å². The van der Waals surface area contributed by atoms with Crippen LogP contribution in [-0.4, -0.2) is 74.8 Å². The van der Waals surface area contributed by atoms with Gasteiger partial charge in [0.15, 0.2) is 17.9 Å². The van der Waals surface area contributed by atoms with Gasteiger partial charge in [-0.2, -0.15) is 0 Å². The standard InChI is InChI=1S/C33H34N2O10/c1-15-7-9-17(10-8-15)35-32(41)43-14-33(42)12-20-24(22(13-33)45-23-11-21(34)27(36)16(2)44-23)31(40)26-25(30(20)39)28(37)18-5-3-4-6-19(18)29(26)38/h3-10,16,21-23,27,36,39-40,42H,11-14,34H2,1-2H3,(H,35,41)/t16-,21-,22-,23-,27-,33-/m0/s1. The number of nitrogens with two attached hydrogens (primary N) is 1. The molecule has 6 atom stereocenters. The van der Waals surface area contributed by atoms with E-state index in [0.717, 1.165) is 5.56 Å². The molecule has 3 aliphatic rings. The zero-order valence-electron chi connectivity index (χ0n) is 24.6. The van der Waals surface area contributed by atoms with Gasteiger partial charge in [-0.05, 0) is 26.0 Å². The molecule has 0 radical (unpaired) electrons. The molecular formula is C33H34N2O10. The maximum absolute atomic E-state index is 13.6. The Hall–Kier alpha value is -4.33. The summed E-state index contributed by atoms with van der Waals surface area (Å²) in [6, 6.07) is 12.4. The summed E-state index contributed by atoms with van der Waals surface area (Å²) in [6.07, 6.45) is -5.24. The van der Waals surface area contributed by atoms with Crippen molar-refractivity contribution in [1.82, 2.24) is 0 Å². The minimum absolute atomic E-state index is 0.00323. The van der Waals surface area contributed by atoms with E-state index in [1.165, 1.54) is 12.1 Å². The molecule has 1 aliphatic heterocycles. The number of ketones is 2. The first-order valence-corrected chi connectivity index (χ1v) is 14.6. The zero-order chi connectivity index (χ0) is 32.2. The van der Waals surface area contributed by atoms with Crippen molar-refractivity contribution in [2.24, 2.45) is 5.73 Å². The lowest BCUT2D eigenvalue weighted by Gasteiger charge is -2.42. The van der Waals surface area contributed by atoms with E-state index >= 15 is 0 Å². The van der Waals surface area contributed by atoms with Gasteiger partial charge in [-0.25, -0.2) is 4.79 Å². The maximum Gasteiger partial charge on any atom is 0.411 e. The van der Waals surface area contributed by atoms with Crippen molar-refractivity contribution in [2.45, 2.75) is 69.4 Å². The van der Waals surface area contributed by atoms with Crippen LogP contribution in [0, 0.1) is 6.92 Å². The van der Waals surface area contributed by atoms with Crippen LogP contribution in [0.4, 0.5) is 10.5 Å². The van der Waals surface area contributed by atoms with Crippen molar-refractivity contribution in [3.8, 4) is 11.5 Å². The van der Waals surface area contributed by atoms with Gasteiger partial charge in [0.2, 0.25) is 0 Å². The van der Waals surface area contributed by atoms with Crippen LogP contribution in [0.2, 0.25) is 0 Å². The molecule has 1 fully saturated rings. The van der Waals surface area contributed by atoms with Gasteiger partial charge in [-0.3, -0.25) is 14.9 Å². The molecule has 0 spiro atoms. The molecule has 236 valence electrons. The predicted molar refractivity (Wildman–Crippen MR) is 159 cm³/mol. The van der Waals surface area contributed by atoms with E-state index < -0.39 is 72.0 Å². The minimum Gasteiger partial charge on any atom is -0.507 e. The smallest absolute Gasteiger partial charge is 0.411 e. The van der Waals surface area contributed by atoms with Crippen molar-refractivity contribution in [1.29, 1.82) is 0 Å². The highest BCUT2D eigenvalue weighted by atomic mass is 16.7. The third-order valence-electron chi connectivity index (χ3n) is 8.69. The summed E-state index contributed by atoms with van der Waals surface area (Å²) in [6.45, 7) is 2.97. The van der Waals surface area contributed by atoms with Gasteiger partial charge in [0, 0.05) is 53.2 Å². The summed E-state index contributed by atoms with van der Waals surface area (Å²) in [7, 11) is 0. The largest absolute Gasteiger partial charge is 0.507 e. The average Bonchev–Trinajstić information content (AvgIpc) is 3.00. The Morgan fingerprint density at radius 2 is 1.67 bits per heavy atom. The lowest BCUT2D eigenvalue weighted by atomic mass is 9.73. The molecule has 6 rings (SSSR count). The fraction of sp³-hybridized carbons (Fsp3) is 0.364. The Labute approximate surface area is 258 Å². The second kappa shape index (κ2) is 11.5. The third-order valence-corrected chi connectivity index (χ3v) is 8.69. The lowest BCUT2D eigenvalue weighted by molar-refractivity contribution is -0.248. The van der Waals surface area contributed by atoms with Crippen LogP contribution >= 0.6 is 0 Å². The Morgan fingerprint density at radius 3 is 2.29 bits per heavy atom. The Kier molecular flexibility index (Phi) is 7.88. The number of nitrogens with one attached hydrogen (secondary N) is 1. The highest BCUT2D eigenvalue weighted by molar-refractivity contribution is 6.30. The van der Waals surface area contributed by atoms with Gasteiger partial charge in [-0.1, -0.05) is 42.0 Å². The number of anilines is 1. The number of amides is 1. The zero-order valence-corrected chi connectivity index (χ0v) is 24.6. The number of carbonyl (C=O) groups is 3. The molecule has 2 aliphatic carbocycles. The fourth-order valence-electron chi connectivity index (χ4n) is 6.33.